The number of nitrogens with one attached hydrogen (secondary N) is 1. The van der Waals surface area contributed by atoms with E-state index in [1.54, 1.807) is 23.4 Å². The van der Waals surface area contributed by atoms with Crippen LogP contribution in [0.4, 0.5) is 4.39 Å². The topological polar surface area (TPSA) is 49.4 Å². The molecule has 1 fully saturated rings. The fourth-order valence-electron chi connectivity index (χ4n) is 2.63. The fraction of sp³-hybridized carbons (Fsp3) is 0.600. The summed E-state index contributed by atoms with van der Waals surface area (Å²) in [6, 6.07) is 7.12. The van der Waals surface area contributed by atoms with Crippen molar-refractivity contribution in [2.75, 3.05) is 25.4 Å². The van der Waals surface area contributed by atoms with Gasteiger partial charge in [0.05, 0.1) is 5.75 Å². The van der Waals surface area contributed by atoms with Crippen LogP contribution in [0.1, 0.15) is 25.3 Å². The van der Waals surface area contributed by atoms with Crippen LogP contribution >= 0.6 is 0 Å². The maximum atomic E-state index is 13.5. The number of halogens is 1. The number of benzene rings is 1. The molecule has 2 rings (SSSR count). The lowest BCUT2D eigenvalue weighted by Gasteiger charge is -2.31. The van der Waals surface area contributed by atoms with Crippen LogP contribution in [0.2, 0.25) is 0 Å². The van der Waals surface area contributed by atoms with Crippen LogP contribution in [-0.2, 0) is 16.4 Å². The van der Waals surface area contributed by atoms with E-state index in [-0.39, 0.29) is 11.6 Å². The zero-order chi connectivity index (χ0) is 15.3. The second-order valence-corrected chi connectivity index (χ2v) is 7.63. The number of rotatable bonds is 6. The summed E-state index contributed by atoms with van der Waals surface area (Å²) in [5, 5.41) is 3.40. The highest BCUT2D eigenvalue weighted by atomic mass is 32.2. The minimum atomic E-state index is -3.06. The Morgan fingerprint density at radius 2 is 1.95 bits per heavy atom. The summed E-state index contributed by atoms with van der Waals surface area (Å²) < 4.78 is 38.6. The molecule has 0 radical (unpaired) electrons. The van der Waals surface area contributed by atoms with Crippen LogP contribution in [0.15, 0.2) is 24.3 Å². The lowest BCUT2D eigenvalue weighted by atomic mass is 10.1. The van der Waals surface area contributed by atoms with Gasteiger partial charge in [0.1, 0.15) is 5.82 Å². The Morgan fingerprint density at radius 3 is 2.57 bits per heavy atom. The SMILES string of the molecule is CCS(=O)(=O)N1CCC(NCCc2ccccc2F)CC1. The third-order valence-electron chi connectivity index (χ3n) is 4.00. The molecule has 1 saturated heterocycles. The summed E-state index contributed by atoms with van der Waals surface area (Å²) in [6.07, 6.45) is 2.28. The molecule has 0 spiro atoms. The normalized spacial score (nSPS) is 18.0. The maximum Gasteiger partial charge on any atom is 0.213 e. The number of hydrogen-bond acceptors (Lipinski definition) is 3. The third-order valence-corrected chi connectivity index (χ3v) is 5.88. The Kier molecular flexibility index (Phi) is 5.72. The van der Waals surface area contributed by atoms with Gasteiger partial charge in [-0.1, -0.05) is 18.2 Å². The quantitative estimate of drug-likeness (QED) is 0.870. The molecule has 0 aromatic heterocycles. The molecule has 0 amide bonds. The van der Waals surface area contributed by atoms with Crippen LogP contribution < -0.4 is 5.32 Å². The minimum Gasteiger partial charge on any atom is -0.314 e. The molecule has 1 N–H and O–H groups in total. The van der Waals surface area contributed by atoms with Crippen molar-refractivity contribution in [3.8, 4) is 0 Å². The molecule has 118 valence electrons. The van der Waals surface area contributed by atoms with Crippen molar-refractivity contribution in [2.45, 2.75) is 32.2 Å². The largest absolute Gasteiger partial charge is 0.314 e. The van der Waals surface area contributed by atoms with Gasteiger partial charge in [0.25, 0.3) is 0 Å². The Bertz CT molecular complexity index is 555. The number of sulfonamides is 1. The highest BCUT2D eigenvalue weighted by Crippen LogP contribution is 2.14. The minimum absolute atomic E-state index is 0.164. The molecule has 0 saturated carbocycles. The third kappa shape index (κ3) is 4.49. The van der Waals surface area contributed by atoms with Gasteiger partial charge in [-0.3, -0.25) is 0 Å². The molecule has 1 aromatic rings. The first kappa shape index (κ1) is 16.4. The van der Waals surface area contributed by atoms with Crippen molar-refractivity contribution < 1.29 is 12.8 Å². The van der Waals surface area contributed by atoms with Gasteiger partial charge in [-0.2, -0.15) is 0 Å². The van der Waals surface area contributed by atoms with Gasteiger partial charge in [-0.25, -0.2) is 17.1 Å². The predicted octanol–water partition coefficient (Wildman–Crippen LogP) is 1.77. The average molecular weight is 314 g/mol. The van der Waals surface area contributed by atoms with E-state index in [4.69, 9.17) is 0 Å². The highest BCUT2D eigenvalue weighted by Gasteiger charge is 2.26. The molecule has 1 aromatic carbocycles. The second kappa shape index (κ2) is 7.33. The molecule has 0 bridgehead atoms. The summed E-state index contributed by atoms with van der Waals surface area (Å²) in [4.78, 5) is 0. The molecule has 0 atom stereocenters. The Labute approximate surface area is 126 Å². The fourth-order valence-corrected chi connectivity index (χ4v) is 3.77. The predicted molar refractivity (Wildman–Crippen MR) is 82.2 cm³/mol. The van der Waals surface area contributed by atoms with Gasteiger partial charge in [0.2, 0.25) is 10.0 Å². The molecule has 4 nitrogen and oxygen atoms in total. The monoisotopic (exact) mass is 314 g/mol. The van der Waals surface area contributed by atoms with Crippen molar-refractivity contribution in [2.24, 2.45) is 0 Å². The molecule has 21 heavy (non-hydrogen) atoms. The molecule has 0 unspecified atom stereocenters. The van der Waals surface area contributed by atoms with E-state index in [9.17, 15) is 12.8 Å². The van der Waals surface area contributed by atoms with E-state index < -0.39 is 10.0 Å². The zero-order valence-electron chi connectivity index (χ0n) is 12.4. The van der Waals surface area contributed by atoms with Gasteiger partial charge >= 0.3 is 0 Å². The molecule has 1 aliphatic heterocycles. The van der Waals surface area contributed by atoms with Crippen LogP contribution in [0.25, 0.3) is 0 Å². The van der Waals surface area contributed by atoms with E-state index in [2.05, 4.69) is 5.32 Å². The smallest absolute Gasteiger partial charge is 0.213 e. The average Bonchev–Trinajstić information content (AvgIpc) is 2.50. The molecule has 1 heterocycles. The molecule has 0 aliphatic carbocycles. The van der Waals surface area contributed by atoms with Crippen molar-refractivity contribution in [3.63, 3.8) is 0 Å². The lowest BCUT2D eigenvalue weighted by molar-refractivity contribution is 0.290. The first-order valence-electron chi connectivity index (χ1n) is 7.47. The van der Waals surface area contributed by atoms with Gasteiger partial charge in [-0.05, 0) is 44.4 Å². The van der Waals surface area contributed by atoms with Crippen LogP contribution in [0.3, 0.4) is 0 Å². The maximum absolute atomic E-state index is 13.5. The van der Waals surface area contributed by atoms with E-state index in [1.807, 2.05) is 6.07 Å². The first-order valence-corrected chi connectivity index (χ1v) is 9.08. The van der Waals surface area contributed by atoms with Crippen LogP contribution in [0.5, 0.6) is 0 Å². The van der Waals surface area contributed by atoms with Gasteiger partial charge in [-0.15, -0.1) is 0 Å². The zero-order valence-corrected chi connectivity index (χ0v) is 13.2. The van der Waals surface area contributed by atoms with E-state index >= 15 is 0 Å². The van der Waals surface area contributed by atoms with Gasteiger partial charge in [0.15, 0.2) is 0 Å². The van der Waals surface area contributed by atoms with Crippen molar-refractivity contribution in [1.82, 2.24) is 9.62 Å². The van der Waals surface area contributed by atoms with Crippen molar-refractivity contribution in [1.29, 1.82) is 0 Å². The van der Waals surface area contributed by atoms with Crippen LogP contribution in [-0.4, -0.2) is 44.2 Å². The Hall–Kier alpha value is -0.980. The van der Waals surface area contributed by atoms with Crippen molar-refractivity contribution >= 4 is 10.0 Å². The summed E-state index contributed by atoms with van der Waals surface area (Å²) in [5.41, 5.74) is 0.719. The van der Waals surface area contributed by atoms with Gasteiger partial charge < -0.3 is 5.32 Å². The van der Waals surface area contributed by atoms with Crippen LogP contribution in [0, 0.1) is 5.82 Å². The van der Waals surface area contributed by atoms with Crippen molar-refractivity contribution in [3.05, 3.63) is 35.6 Å². The summed E-state index contributed by atoms with van der Waals surface area (Å²) in [7, 11) is -3.06. The van der Waals surface area contributed by atoms with E-state index in [1.165, 1.54) is 6.07 Å². The highest BCUT2D eigenvalue weighted by molar-refractivity contribution is 7.89. The second-order valence-electron chi connectivity index (χ2n) is 5.37. The standard InChI is InChI=1S/C15H23FN2O2S/c1-2-21(19,20)18-11-8-14(9-12-18)17-10-7-13-5-3-4-6-15(13)16/h3-6,14,17H,2,7-12H2,1H3. The molecular weight excluding hydrogens is 291 g/mol. The van der Waals surface area contributed by atoms with E-state index in [0.29, 0.717) is 32.1 Å². The Morgan fingerprint density at radius 1 is 1.29 bits per heavy atom. The van der Waals surface area contributed by atoms with Gasteiger partial charge in [0, 0.05) is 19.1 Å². The molecule has 1 aliphatic rings. The summed E-state index contributed by atoms with van der Waals surface area (Å²) in [6.45, 7) is 3.54. The Balaban J connectivity index is 1.74. The molecular formula is C15H23FN2O2S. The first-order chi connectivity index (χ1) is 10.0. The molecule has 6 heteroatoms. The number of nitrogens with zero attached hydrogens (tertiary/aromatic N) is 1. The summed E-state index contributed by atoms with van der Waals surface area (Å²) >= 11 is 0. The lowest BCUT2D eigenvalue weighted by Crippen LogP contribution is -2.45. The summed E-state index contributed by atoms with van der Waals surface area (Å²) in [5.74, 6) is 0.00132. The number of piperidine rings is 1. The van der Waals surface area contributed by atoms with E-state index in [0.717, 1.165) is 18.4 Å². The number of hydrogen-bond donors (Lipinski definition) is 1.